The van der Waals surface area contributed by atoms with E-state index in [-0.39, 0.29) is 12.3 Å². The van der Waals surface area contributed by atoms with Gasteiger partial charge >= 0.3 is 12.5 Å². The molecule has 1 N–H and O–H groups in total. The summed E-state index contributed by atoms with van der Waals surface area (Å²) in [4.78, 5) is 12.0. The second-order valence-electron chi connectivity index (χ2n) is 4.28. The first-order valence-electron chi connectivity index (χ1n) is 5.88. The normalized spacial score (nSPS) is 15.8. The summed E-state index contributed by atoms with van der Waals surface area (Å²) >= 11 is 0. The summed E-state index contributed by atoms with van der Waals surface area (Å²) in [5, 5.41) is 8.82. The molecule has 0 unspecified atom stereocenters. The topological polar surface area (TPSA) is 49.8 Å². The molecule has 1 amide bonds. The number of amides is 1. The van der Waals surface area contributed by atoms with Crippen LogP contribution in [0.25, 0.3) is 5.57 Å². The molecule has 20 heavy (non-hydrogen) atoms. The minimum Gasteiger partial charge on any atom is -0.465 e. The van der Waals surface area contributed by atoms with Gasteiger partial charge in [-0.05, 0) is 29.7 Å². The third-order valence-electron chi connectivity index (χ3n) is 2.92. The molecule has 4 nitrogen and oxygen atoms in total. The van der Waals surface area contributed by atoms with E-state index in [0.29, 0.717) is 18.5 Å². The van der Waals surface area contributed by atoms with Crippen molar-refractivity contribution in [1.29, 1.82) is 0 Å². The van der Waals surface area contributed by atoms with E-state index in [4.69, 9.17) is 5.11 Å². The molecule has 2 rings (SSSR count). The Morgan fingerprint density at radius 1 is 1.35 bits per heavy atom. The molecule has 1 aliphatic heterocycles. The molecule has 1 aromatic rings. The zero-order valence-electron chi connectivity index (χ0n) is 10.4. The van der Waals surface area contributed by atoms with Gasteiger partial charge in [0, 0.05) is 13.1 Å². The van der Waals surface area contributed by atoms with Crippen LogP contribution in [0.15, 0.2) is 30.3 Å². The van der Waals surface area contributed by atoms with E-state index in [1.165, 1.54) is 23.1 Å². The lowest BCUT2D eigenvalue weighted by Crippen LogP contribution is -2.33. The number of carbonyl (C=O) groups is 1. The molecule has 108 valence electrons. The van der Waals surface area contributed by atoms with E-state index < -0.39 is 12.5 Å². The van der Waals surface area contributed by atoms with E-state index in [2.05, 4.69) is 4.74 Å². The third kappa shape index (κ3) is 3.66. The molecular weight excluding hydrogens is 275 g/mol. The van der Waals surface area contributed by atoms with Crippen LogP contribution in [-0.4, -0.2) is 35.6 Å². The summed E-state index contributed by atoms with van der Waals surface area (Å²) in [7, 11) is 0. The Morgan fingerprint density at radius 2 is 2.10 bits per heavy atom. The Labute approximate surface area is 113 Å². The average Bonchev–Trinajstić information content (AvgIpc) is 2.37. The van der Waals surface area contributed by atoms with Gasteiger partial charge < -0.3 is 14.7 Å². The highest BCUT2D eigenvalue weighted by molar-refractivity contribution is 5.71. The van der Waals surface area contributed by atoms with Crippen LogP contribution in [0.4, 0.5) is 18.0 Å². The number of ether oxygens (including phenoxy) is 1. The molecule has 1 aliphatic rings. The molecule has 1 aromatic carbocycles. The van der Waals surface area contributed by atoms with Gasteiger partial charge in [-0.3, -0.25) is 0 Å². The van der Waals surface area contributed by atoms with Crippen LogP contribution in [0.2, 0.25) is 0 Å². The van der Waals surface area contributed by atoms with Gasteiger partial charge in [-0.15, -0.1) is 13.2 Å². The smallest absolute Gasteiger partial charge is 0.465 e. The highest BCUT2D eigenvalue weighted by Gasteiger charge is 2.31. The predicted octanol–water partition coefficient (Wildman–Crippen LogP) is 3.35. The number of hydrogen-bond donors (Lipinski definition) is 1. The van der Waals surface area contributed by atoms with Crippen molar-refractivity contribution < 1.29 is 27.8 Å². The first kappa shape index (κ1) is 14.2. The number of hydrogen-bond acceptors (Lipinski definition) is 2. The lowest BCUT2D eigenvalue weighted by atomic mass is 9.99. The van der Waals surface area contributed by atoms with Gasteiger partial charge in [0.1, 0.15) is 5.75 Å². The first-order chi connectivity index (χ1) is 9.35. The summed E-state index contributed by atoms with van der Waals surface area (Å²) in [5.74, 6) is -0.281. The van der Waals surface area contributed by atoms with Gasteiger partial charge in [0.2, 0.25) is 0 Å². The molecule has 0 saturated carbocycles. The van der Waals surface area contributed by atoms with Crippen molar-refractivity contribution in [2.24, 2.45) is 0 Å². The molecule has 1 heterocycles. The number of rotatable bonds is 2. The molecule has 0 atom stereocenters. The summed E-state index contributed by atoms with van der Waals surface area (Å²) in [6, 6.07) is 5.67. The van der Waals surface area contributed by atoms with E-state index in [1.807, 2.05) is 0 Å². The number of carboxylic acid groups (broad SMARTS) is 1. The quantitative estimate of drug-likeness (QED) is 0.907. The van der Waals surface area contributed by atoms with Gasteiger partial charge in [0.25, 0.3) is 0 Å². The average molecular weight is 287 g/mol. The largest absolute Gasteiger partial charge is 0.573 e. The van der Waals surface area contributed by atoms with Crippen molar-refractivity contribution >= 4 is 11.7 Å². The zero-order valence-corrected chi connectivity index (χ0v) is 10.4. The molecule has 0 radical (unpaired) electrons. The summed E-state index contributed by atoms with van der Waals surface area (Å²) in [6.07, 6.45) is -3.57. The predicted molar refractivity (Wildman–Crippen MR) is 65.3 cm³/mol. The van der Waals surface area contributed by atoms with Crippen LogP contribution in [0.5, 0.6) is 5.75 Å². The number of halogens is 3. The fraction of sp³-hybridized carbons (Fsp3) is 0.308. The van der Waals surface area contributed by atoms with Crippen molar-refractivity contribution in [1.82, 2.24) is 4.90 Å². The second-order valence-corrected chi connectivity index (χ2v) is 4.28. The van der Waals surface area contributed by atoms with Crippen LogP contribution in [0.3, 0.4) is 0 Å². The molecule has 0 spiro atoms. The Hall–Kier alpha value is -2.18. The molecular formula is C13H12F3NO3. The maximum Gasteiger partial charge on any atom is 0.573 e. The van der Waals surface area contributed by atoms with E-state index in [0.717, 1.165) is 5.57 Å². The van der Waals surface area contributed by atoms with Gasteiger partial charge in [0.05, 0.1) is 0 Å². The highest BCUT2D eigenvalue weighted by Crippen LogP contribution is 2.28. The number of alkyl halides is 3. The van der Waals surface area contributed by atoms with E-state index in [9.17, 15) is 18.0 Å². The van der Waals surface area contributed by atoms with Gasteiger partial charge in [-0.25, -0.2) is 4.79 Å². The molecule has 0 bridgehead atoms. The molecule has 0 aromatic heterocycles. The Bertz CT molecular complexity index is 540. The van der Waals surface area contributed by atoms with Crippen molar-refractivity contribution in [2.45, 2.75) is 12.8 Å². The fourth-order valence-corrected chi connectivity index (χ4v) is 2.00. The highest BCUT2D eigenvalue weighted by atomic mass is 19.4. The summed E-state index contributed by atoms with van der Waals surface area (Å²) in [6.45, 7) is 0.556. The van der Waals surface area contributed by atoms with Crippen LogP contribution >= 0.6 is 0 Å². The van der Waals surface area contributed by atoms with Gasteiger partial charge in [0.15, 0.2) is 0 Å². The van der Waals surface area contributed by atoms with Crippen LogP contribution in [-0.2, 0) is 0 Å². The maximum absolute atomic E-state index is 12.1. The Balaban J connectivity index is 2.14. The molecule has 0 fully saturated rings. The molecule has 0 aliphatic carbocycles. The monoisotopic (exact) mass is 287 g/mol. The minimum absolute atomic E-state index is 0.231. The Morgan fingerprint density at radius 3 is 2.65 bits per heavy atom. The van der Waals surface area contributed by atoms with Crippen molar-refractivity contribution in [3.8, 4) is 5.75 Å². The van der Waals surface area contributed by atoms with Gasteiger partial charge in [-0.2, -0.15) is 0 Å². The number of benzene rings is 1. The van der Waals surface area contributed by atoms with E-state index >= 15 is 0 Å². The standard InChI is InChI=1S/C13H12F3NO3/c14-13(15,16)20-11-3-1-2-10(8-11)9-4-6-17(7-5-9)12(18)19/h1-4,8H,5-7H2,(H,18,19). The maximum atomic E-state index is 12.1. The lowest BCUT2D eigenvalue weighted by Gasteiger charge is -2.24. The SMILES string of the molecule is O=C(O)N1CC=C(c2cccc(OC(F)(F)F)c2)CC1. The zero-order chi connectivity index (χ0) is 14.8. The fourth-order valence-electron chi connectivity index (χ4n) is 2.00. The summed E-state index contributed by atoms with van der Waals surface area (Å²) < 4.78 is 40.3. The molecule has 0 saturated heterocycles. The minimum atomic E-state index is -4.72. The van der Waals surface area contributed by atoms with Crippen molar-refractivity contribution in [2.75, 3.05) is 13.1 Å². The molecule has 7 heteroatoms. The Kier molecular flexibility index (Phi) is 3.87. The second kappa shape index (κ2) is 5.44. The van der Waals surface area contributed by atoms with Crippen molar-refractivity contribution in [3.63, 3.8) is 0 Å². The lowest BCUT2D eigenvalue weighted by molar-refractivity contribution is -0.274. The van der Waals surface area contributed by atoms with E-state index in [1.54, 1.807) is 12.1 Å². The van der Waals surface area contributed by atoms with Crippen LogP contribution < -0.4 is 4.74 Å². The first-order valence-corrected chi connectivity index (χ1v) is 5.88. The number of nitrogens with zero attached hydrogens (tertiary/aromatic N) is 1. The van der Waals surface area contributed by atoms with Crippen LogP contribution in [0, 0.1) is 0 Å². The summed E-state index contributed by atoms with van der Waals surface area (Å²) in [5.41, 5.74) is 1.42. The third-order valence-corrected chi connectivity index (χ3v) is 2.92. The van der Waals surface area contributed by atoms with Gasteiger partial charge in [-0.1, -0.05) is 18.2 Å². The van der Waals surface area contributed by atoms with Crippen LogP contribution in [0.1, 0.15) is 12.0 Å². The van der Waals surface area contributed by atoms with Crippen molar-refractivity contribution in [3.05, 3.63) is 35.9 Å².